The molecular formula is C22H28N4O2. The average Bonchev–Trinajstić information content (AvgIpc) is 2.73. The normalized spacial score (nSPS) is 18.1. The van der Waals surface area contributed by atoms with E-state index < -0.39 is 0 Å². The maximum Gasteiger partial charge on any atom is 0.266 e. The predicted octanol–water partition coefficient (Wildman–Crippen LogP) is 2.31. The molecule has 6 heteroatoms. The SMILES string of the molecule is CC(=O)N1CCN(C(=O)/C(C#N)=C\NC(C)c2ccc3c(c2)CCCC3)CC1. The summed E-state index contributed by atoms with van der Waals surface area (Å²) in [5, 5.41) is 12.6. The van der Waals surface area contributed by atoms with Crippen LogP contribution in [0.2, 0.25) is 0 Å². The van der Waals surface area contributed by atoms with Crippen LogP contribution in [-0.2, 0) is 22.4 Å². The van der Waals surface area contributed by atoms with E-state index in [0.29, 0.717) is 26.2 Å². The molecule has 1 aliphatic carbocycles. The lowest BCUT2D eigenvalue weighted by molar-refractivity contribution is -0.136. The lowest BCUT2D eigenvalue weighted by Gasteiger charge is -2.34. The molecule has 2 aliphatic rings. The molecule has 148 valence electrons. The number of nitrogens with one attached hydrogen (secondary N) is 1. The summed E-state index contributed by atoms with van der Waals surface area (Å²) in [6.07, 6.45) is 6.31. The largest absolute Gasteiger partial charge is 0.383 e. The van der Waals surface area contributed by atoms with Crippen LogP contribution in [0.15, 0.2) is 30.0 Å². The topological polar surface area (TPSA) is 76.4 Å². The second kappa shape index (κ2) is 8.92. The molecule has 1 aliphatic heterocycles. The number of fused-ring (bicyclic) bond motifs is 1. The van der Waals surface area contributed by atoms with Gasteiger partial charge in [0.25, 0.3) is 5.91 Å². The Bertz CT molecular complexity index is 816. The third-order valence-electron chi connectivity index (χ3n) is 5.71. The van der Waals surface area contributed by atoms with Crippen molar-refractivity contribution in [2.45, 2.75) is 45.6 Å². The molecule has 6 nitrogen and oxygen atoms in total. The van der Waals surface area contributed by atoms with Gasteiger partial charge in [-0.05, 0) is 49.3 Å². The molecular weight excluding hydrogens is 352 g/mol. The second-order valence-corrected chi connectivity index (χ2v) is 7.59. The highest BCUT2D eigenvalue weighted by molar-refractivity contribution is 5.97. The third kappa shape index (κ3) is 4.53. The lowest BCUT2D eigenvalue weighted by atomic mass is 9.89. The van der Waals surface area contributed by atoms with Crippen molar-refractivity contribution in [3.63, 3.8) is 0 Å². The lowest BCUT2D eigenvalue weighted by Crippen LogP contribution is -2.50. The Morgan fingerprint density at radius 2 is 1.75 bits per heavy atom. The summed E-state index contributed by atoms with van der Waals surface area (Å²) < 4.78 is 0. The number of amides is 2. The summed E-state index contributed by atoms with van der Waals surface area (Å²) in [4.78, 5) is 27.4. The molecule has 1 atom stereocenters. The van der Waals surface area contributed by atoms with Crippen molar-refractivity contribution in [3.8, 4) is 6.07 Å². The highest BCUT2D eigenvalue weighted by atomic mass is 16.2. The highest BCUT2D eigenvalue weighted by Gasteiger charge is 2.24. The molecule has 0 spiro atoms. The van der Waals surface area contributed by atoms with Gasteiger partial charge in [0.15, 0.2) is 0 Å². The van der Waals surface area contributed by atoms with E-state index in [2.05, 4.69) is 23.5 Å². The quantitative estimate of drug-likeness (QED) is 0.642. The van der Waals surface area contributed by atoms with Crippen molar-refractivity contribution < 1.29 is 9.59 Å². The number of aryl methyl sites for hydroxylation is 2. The molecule has 0 aromatic heterocycles. The zero-order valence-corrected chi connectivity index (χ0v) is 16.7. The molecule has 0 radical (unpaired) electrons. The first-order valence-corrected chi connectivity index (χ1v) is 10.0. The summed E-state index contributed by atoms with van der Waals surface area (Å²) in [6.45, 7) is 5.50. The van der Waals surface area contributed by atoms with Crippen molar-refractivity contribution in [3.05, 3.63) is 46.7 Å². The molecule has 1 unspecified atom stereocenters. The summed E-state index contributed by atoms with van der Waals surface area (Å²) in [6, 6.07) is 8.61. The van der Waals surface area contributed by atoms with E-state index in [0.717, 1.165) is 18.4 Å². The molecule has 28 heavy (non-hydrogen) atoms. The molecule has 1 heterocycles. The van der Waals surface area contributed by atoms with Gasteiger partial charge in [-0.15, -0.1) is 0 Å². The first kappa shape index (κ1) is 19.9. The average molecular weight is 380 g/mol. The van der Waals surface area contributed by atoms with Crippen LogP contribution in [0.5, 0.6) is 0 Å². The molecule has 1 saturated heterocycles. The summed E-state index contributed by atoms with van der Waals surface area (Å²) in [5.41, 5.74) is 4.12. The van der Waals surface area contributed by atoms with Gasteiger partial charge in [0, 0.05) is 45.3 Å². The third-order valence-corrected chi connectivity index (χ3v) is 5.71. The molecule has 3 rings (SSSR count). The number of rotatable bonds is 4. The van der Waals surface area contributed by atoms with E-state index in [1.165, 1.54) is 37.1 Å². The van der Waals surface area contributed by atoms with Gasteiger partial charge in [-0.1, -0.05) is 18.2 Å². The van der Waals surface area contributed by atoms with E-state index in [1.54, 1.807) is 9.80 Å². The number of hydrogen-bond donors (Lipinski definition) is 1. The fraction of sp³-hybridized carbons (Fsp3) is 0.500. The molecule has 2 amide bonds. The van der Waals surface area contributed by atoms with E-state index in [-0.39, 0.29) is 23.4 Å². The molecule has 0 saturated carbocycles. The van der Waals surface area contributed by atoms with Gasteiger partial charge >= 0.3 is 0 Å². The van der Waals surface area contributed by atoms with Crippen molar-refractivity contribution in [1.82, 2.24) is 15.1 Å². The number of benzene rings is 1. The van der Waals surface area contributed by atoms with Crippen LogP contribution in [0.4, 0.5) is 0 Å². The first-order valence-electron chi connectivity index (χ1n) is 10.0. The Labute approximate surface area is 166 Å². The van der Waals surface area contributed by atoms with Crippen LogP contribution >= 0.6 is 0 Å². The minimum Gasteiger partial charge on any atom is -0.383 e. The van der Waals surface area contributed by atoms with Crippen molar-refractivity contribution >= 4 is 11.8 Å². The summed E-state index contributed by atoms with van der Waals surface area (Å²) in [5.74, 6) is -0.264. The van der Waals surface area contributed by atoms with Crippen LogP contribution in [0.25, 0.3) is 0 Å². The van der Waals surface area contributed by atoms with Crippen LogP contribution in [-0.4, -0.2) is 47.8 Å². The number of carbonyl (C=O) groups excluding carboxylic acids is 2. The number of carbonyl (C=O) groups is 2. The Hall–Kier alpha value is -2.81. The van der Waals surface area contributed by atoms with Gasteiger partial charge in [0.05, 0.1) is 0 Å². The van der Waals surface area contributed by atoms with E-state index in [9.17, 15) is 14.9 Å². The van der Waals surface area contributed by atoms with E-state index in [4.69, 9.17) is 0 Å². The number of nitrogens with zero attached hydrogens (tertiary/aromatic N) is 3. The van der Waals surface area contributed by atoms with Gasteiger partial charge in [0.2, 0.25) is 5.91 Å². The van der Waals surface area contributed by atoms with E-state index in [1.807, 2.05) is 13.0 Å². The van der Waals surface area contributed by atoms with Crippen LogP contribution < -0.4 is 5.32 Å². The van der Waals surface area contributed by atoms with Crippen molar-refractivity contribution in [1.29, 1.82) is 5.26 Å². The molecule has 1 fully saturated rings. The summed E-state index contributed by atoms with van der Waals surface area (Å²) >= 11 is 0. The minimum absolute atomic E-state index is 0.0120. The van der Waals surface area contributed by atoms with Gasteiger partial charge in [-0.3, -0.25) is 9.59 Å². The molecule has 0 bridgehead atoms. The highest BCUT2D eigenvalue weighted by Crippen LogP contribution is 2.24. The van der Waals surface area contributed by atoms with Gasteiger partial charge in [-0.25, -0.2) is 0 Å². The van der Waals surface area contributed by atoms with Crippen molar-refractivity contribution in [2.24, 2.45) is 0 Å². The Kier molecular flexibility index (Phi) is 6.35. The van der Waals surface area contributed by atoms with E-state index >= 15 is 0 Å². The van der Waals surface area contributed by atoms with Gasteiger partial charge in [-0.2, -0.15) is 5.26 Å². The number of nitriles is 1. The predicted molar refractivity (Wildman–Crippen MR) is 107 cm³/mol. The number of hydrogen-bond acceptors (Lipinski definition) is 4. The van der Waals surface area contributed by atoms with Crippen LogP contribution in [0.1, 0.15) is 49.4 Å². The molecule has 1 aromatic carbocycles. The van der Waals surface area contributed by atoms with Crippen LogP contribution in [0, 0.1) is 11.3 Å². The first-order chi connectivity index (χ1) is 13.5. The second-order valence-electron chi connectivity index (χ2n) is 7.59. The summed E-state index contributed by atoms with van der Waals surface area (Å²) in [7, 11) is 0. The Morgan fingerprint density at radius 1 is 1.11 bits per heavy atom. The monoisotopic (exact) mass is 380 g/mol. The Balaban J connectivity index is 1.62. The maximum atomic E-state index is 12.6. The van der Waals surface area contributed by atoms with Gasteiger partial charge < -0.3 is 15.1 Å². The smallest absolute Gasteiger partial charge is 0.266 e. The molecule has 1 N–H and O–H groups in total. The minimum atomic E-state index is -0.282. The molecule has 1 aromatic rings. The standard InChI is InChI=1S/C22H28N4O2/c1-16(19-8-7-18-5-3-4-6-20(18)13-19)24-15-21(14-23)22(28)26-11-9-25(10-12-26)17(2)27/h7-8,13,15-16,24H,3-6,9-12H2,1-2H3/b21-15-. The fourth-order valence-corrected chi connectivity index (χ4v) is 3.86. The zero-order valence-electron chi connectivity index (χ0n) is 16.7. The van der Waals surface area contributed by atoms with Crippen LogP contribution in [0.3, 0.4) is 0 Å². The Morgan fingerprint density at radius 3 is 2.39 bits per heavy atom. The number of piperazine rings is 1. The fourth-order valence-electron chi connectivity index (χ4n) is 3.86. The maximum absolute atomic E-state index is 12.6. The van der Waals surface area contributed by atoms with Gasteiger partial charge in [0.1, 0.15) is 11.6 Å². The zero-order chi connectivity index (χ0) is 20.1. The van der Waals surface area contributed by atoms with Crippen molar-refractivity contribution in [2.75, 3.05) is 26.2 Å².